The molecule has 0 aliphatic heterocycles. The van der Waals surface area contributed by atoms with E-state index in [4.69, 9.17) is 16.3 Å². The summed E-state index contributed by atoms with van der Waals surface area (Å²) in [4.78, 5) is 13.0. The standard InChI is InChI=1S/C18H25ClN4O4S3/c1-6-13(16(24)20-17-21-22-18(29-17)28-10-11(2)3)23(30(5,25)26)14-9-12(19)7-8-15(14)27-4/h7-9,11,13H,6,10H2,1-5H3,(H,20,21,24)/t13-/m1/s1. The Morgan fingerprint density at radius 1 is 1.37 bits per heavy atom. The van der Waals surface area contributed by atoms with Crippen molar-refractivity contribution in [3.8, 4) is 5.75 Å². The molecule has 1 aromatic heterocycles. The maximum absolute atomic E-state index is 13.0. The van der Waals surface area contributed by atoms with E-state index in [1.807, 2.05) is 0 Å². The number of thioether (sulfide) groups is 1. The van der Waals surface area contributed by atoms with Gasteiger partial charge >= 0.3 is 0 Å². The van der Waals surface area contributed by atoms with Gasteiger partial charge in [-0.1, -0.05) is 55.5 Å². The van der Waals surface area contributed by atoms with E-state index in [9.17, 15) is 13.2 Å². The molecule has 12 heteroatoms. The number of carbonyl (C=O) groups is 1. The molecule has 2 rings (SSSR count). The van der Waals surface area contributed by atoms with Gasteiger partial charge in [-0.05, 0) is 30.5 Å². The molecule has 0 bridgehead atoms. The maximum Gasteiger partial charge on any atom is 0.250 e. The summed E-state index contributed by atoms with van der Waals surface area (Å²) in [5.41, 5.74) is 0.194. The number of nitrogens with zero attached hydrogens (tertiary/aromatic N) is 3. The van der Waals surface area contributed by atoms with Gasteiger partial charge in [0.1, 0.15) is 11.8 Å². The number of aromatic nitrogens is 2. The van der Waals surface area contributed by atoms with Crippen molar-refractivity contribution in [3.63, 3.8) is 0 Å². The molecular formula is C18H25ClN4O4S3. The molecule has 166 valence electrons. The molecule has 1 N–H and O–H groups in total. The molecule has 0 unspecified atom stereocenters. The fourth-order valence-corrected chi connectivity index (χ4v) is 5.72. The molecule has 0 saturated carbocycles. The van der Waals surface area contributed by atoms with E-state index in [0.717, 1.165) is 20.7 Å². The number of rotatable bonds is 10. The molecule has 8 nitrogen and oxygen atoms in total. The van der Waals surface area contributed by atoms with E-state index in [2.05, 4.69) is 29.4 Å². The Morgan fingerprint density at radius 3 is 2.63 bits per heavy atom. The van der Waals surface area contributed by atoms with Crippen LogP contribution < -0.4 is 14.4 Å². The summed E-state index contributed by atoms with van der Waals surface area (Å²) in [5, 5.41) is 11.4. The van der Waals surface area contributed by atoms with Crippen molar-refractivity contribution >= 4 is 61.4 Å². The average molecular weight is 493 g/mol. The molecule has 1 amide bonds. The van der Waals surface area contributed by atoms with Crippen molar-refractivity contribution in [1.29, 1.82) is 0 Å². The van der Waals surface area contributed by atoms with Gasteiger partial charge in [-0.3, -0.25) is 14.4 Å². The maximum atomic E-state index is 13.0. The van der Waals surface area contributed by atoms with Gasteiger partial charge in [0.25, 0.3) is 0 Å². The first kappa shape index (κ1) is 24.7. The summed E-state index contributed by atoms with van der Waals surface area (Å²) < 4.78 is 32.3. The predicted octanol–water partition coefficient (Wildman–Crippen LogP) is 4.13. The Labute approximate surface area is 190 Å². The van der Waals surface area contributed by atoms with Crippen molar-refractivity contribution in [2.45, 2.75) is 37.6 Å². The third kappa shape index (κ3) is 6.47. The lowest BCUT2D eigenvalue weighted by Gasteiger charge is -2.30. The Bertz CT molecular complexity index is 982. The van der Waals surface area contributed by atoms with Gasteiger partial charge in [0, 0.05) is 10.8 Å². The van der Waals surface area contributed by atoms with Gasteiger partial charge in [0.2, 0.25) is 21.1 Å². The summed E-state index contributed by atoms with van der Waals surface area (Å²) in [7, 11) is -2.41. The summed E-state index contributed by atoms with van der Waals surface area (Å²) in [5.74, 6) is 1.16. The Morgan fingerprint density at radius 2 is 2.07 bits per heavy atom. The number of anilines is 2. The lowest BCUT2D eigenvalue weighted by Crippen LogP contribution is -2.47. The molecular weight excluding hydrogens is 468 g/mol. The van der Waals surface area contributed by atoms with Crippen molar-refractivity contribution in [3.05, 3.63) is 23.2 Å². The number of amides is 1. The fourth-order valence-electron chi connectivity index (χ4n) is 2.62. The van der Waals surface area contributed by atoms with Crippen LogP contribution >= 0.6 is 34.7 Å². The normalized spacial score (nSPS) is 12.6. The number of hydrogen-bond acceptors (Lipinski definition) is 8. The van der Waals surface area contributed by atoms with Crippen molar-refractivity contribution in [1.82, 2.24) is 10.2 Å². The number of nitrogens with one attached hydrogen (secondary N) is 1. The molecule has 1 aromatic carbocycles. The lowest BCUT2D eigenvalue weighted by molar-refractivity contribution is -0.117. The van der Waals surface area contributed by atoms with E-state index in [1.165, 1.54) is 24.5 Å². The summed E-state index contributed by atoms with van der Waals surface area (Å²) in [6, 6.07) is 3.58. The van der Waals surface area contributed by atoms with Crippen LogP contribution in [-0.4, -0.2) is 49.7 Å². The molecule has 1 heterocycles. The van der Waals surface area contributed by atoms with Crippen LogP contribution in [0.25, 0.3) is 0 Å². The minimum atomic E-state index is -3.83. The number of ether oxygens (including phenoxy) is 1. The zero-order chi connectivity index (χ0) is 22.5. The smallest absolute Gasteiger partial charge is 0.250 e. The van der Waals surface area contributed by atoms with Crippen LogP contribution in [0.15, 0.2) is 22.5 Å². The van der Waals surface area contributed by atoms with Crippen LogP contribution in [0, 0.1) is 5.92 Å². The summed E-state index contributed by atoms with van der Waals surface area (Å²) >= 11 is 8.90. The Hall–Kier alpha value is -1.56. The SMILES string of the molecule is CC[C@H](C(=O)Nc1nnc(SCC(C)C)s1)N(c1cc(Cl)ccc1OC)S(C)(=O)=O. The number of halogens is 1. The largest absolute Gasteiger partial charge is 0.495 e. The fraction of sp³-hybridized carbons (Fsp3) is 0.500. The third-order valence-corrected chi connectivity index (χ3v) is 7.68. The van der Waals surface area contributed by atoms with E-state index in [0.29, 0.717) is 21.8 Å². The second-order valence-corrected chi connectivity index (χ2v) is 11.4. The molecule has 1 atom stereocenters. The Kier molecular flexibility index (Phi) is 8.77. The first-order chi connectivity index (χ1) is 14.1. The first-order valence-electron chi connectivity index (χ1n) is 9.16. The van der Waals surface area contributed by atoms with Crippen LogP contribution in [-0.2, 0) is 14.8 Å². The van der Waals surface area contributed by atoms with E-state index in [-0.39, 0.29) is 12.1 Å². The highest BCUT2D eigenvalue weighted by Crippen LogP contribution is 2.35. The second-order valence-electron chi connectivity index (χ2n) is 6.87. The lowest BCUT2D eigenvalue weighted by atomic mass is 10.2. The summed E-state index contributed by atoms with van der Waals surface area (Å²) in [6.45, 7) is 5.93. The zero-order valence-electron chi connectivity index (χ0n) is 17.4. The molecule has 2 aromatic rings. The van der Waals surface area contributed by atoms with Gasteiger partial charge in [-0.2, -0.15) is 0 Å². The molecule has 0 spiro atoms. The molecule has 30 heavy (non-hydrogen) atoms. The van der Waals surface area contributed by atoms with Gasteiger partial charge < -0.3 is 4.74 Å². The van der Waals surface area contributed by atoms with Crippen LogP contribution in [0.3, 0.4) is 0 Å². The third-order valence-electron chi connectivity index (χ3n) is 3.88. The molecule has 0 saturated heterocycles. The van der Waals surface area contributed by atoms with Crippen LogP contribution in [0.4, 0.5) is 10.8 Å². The van der Waals surface area contributed by atoms with Gasteiger partial charge in [0.05, 0.1) is 19.1 Å². The highest BCUT2D eigenvalue weighted by molar-refractivity contribution is 8.01. The quantitative estimate of drug-likeness (QED) is 0.393. The highest BCUT2D eigenvalue weighted by Gasteiger charge is 2.34. The van der Waals surface area contributed by atoms with Gasteiger partial charge in [-0.15, -0.1) is 10.2 Å². The van der Waals surface area contributed by atoms with Crippen LogP contribution in [0.5, 0.6) is 5.75 Å². The Balaban J connectivity index is 2.32. The number of benzene rings is 1. The highest BCUT2D eigenvalue weighted by atomic mass is 35.5. The number of sulfonamides is 1. The zero-order valence-corrected chi connectivity index (χ0v) is 20.6. The van der Waals surface area contributed by atoms with Gasteiger partial charge in [-0.25, -0.2) is 8.42 Å². The second kappa shape index (κ2) is 10.7. The minimum Gasteiger partial charge on any atom is -0.495 e. The van der Waals surface area contributed by atoms with E-state index in [1.54, 1.807) is 30.8 Å². The molecule has 0 fully saturated rings. The topological polar surface area (TPSA) is 101 Å². The average Bonchev–Trinajstić information content (AvgIpc) is 3.10. The minimum absolute atomic E-state index is 0.194. The number of methoxy groups -OCH3 is 1. The van der Waals surface area contributed by atoms with Crippen molar-refractivity contribution in [2.75, 3.05) is 28.7 Å². The van der Waals surface area contributed by atoms with Crippen LogP contribution in [0.2, 0.25) is 5.02 Å². The first-order valence-corrected chi connectivity index (χ1v) is 13.2. The molecule has 0 aliphatic carbocycles. The summed E-state index contributed by atoms with van der Waals surface area (Å²) in [6.07, 6.45) is 1.26. The molecule has 0 radical (unpaired) electrons. The molecule has 0 aliphatic rings. The number of carbonyl (C=O) groups excluding carboxylic acids is 1. The van der Waals surface area contributed by atoms with E-state index >= 15 is 0 Å². The van der Waals surface area contributed by atoms with Gasteiger partial charge in [0.15, 0.2) is 4.34 Å². The van der Waals surface area contributed by atoms with Crippen LogP contribution in [0.1, 0.15) is 27.2 Å². The van der Waals surface area contributed by atoms with Crippen molar-refractivity contribution < 1.29 is 17.9 Å². The van der Waals surface area contributed by atoms with Crippen molar-refractivity contribution in [2.24, 2.45) is 5.92 Å². The monoisotopic (exact) mass is 492 g/mol. The number of hydrogen-bond donors (Lipinski definition) is 1. The predicted molar refractivity (Wildman–Crippen MR) is 124 cm³/mol. The van der Waals surface area contributed by atoms with E-state index < -0.39 is 22.0 Å².